The third-order valence-corrected chi connectivity index (χ3v) is 5.63. The Kier molecular flexibility index (Phi) is 6.46. The maximum absolute atomic E-state index is 12.4. The topological polar surface area (TPSA) is 75.5 Å². The third-order valence-electron chi connectivity index (χ3n) is 5.63. The second-order valence-corrected chi connectivity index (χ2v) is 7.90. The minimum atomic E-state index is 0.0515. The molecule has 0 saturated carbocycles. The van der Waals surface area contributed by atoms with Gasteiger partial charge in [-0.25, -0.2) is 9.97 Å². The fourth-order valence-electron chi connectivity index (χ4n) is 3.77. The predicted molar refractivity (Wildman–Crippen MR) is 120 cm³/mol. The second-order valence-electron chi connectivity index (χ2n) is 7.90. The van der Waals surface area contributed by atoms with Crippen LogP contribution in [0.1, 0.15) is 31.2 Å². The van der Waals surface area contributed by atoms with E-state index in [1.54, 1.807) is 6.07 Å². The molecule has 1 N–H and O–H groups in total. The number of benzene rings is 2. The summed E-state index contributed by atoms with van der Waals surface area (Å²) >= 11 is 0. The molecule has 0 atom stereocenters. The van der Waals surface area contributed by atoms with Crippen LogP contribution in [-0.4, -0.2) is 45.6 Å². The van der Waals surface area contributed by atoms with Gasteiger partial charge in [0.2, 0.25) is 0 Å². The standard InChI is InChI=1S/C25H27N3O3/c1-18-14-20(8-11-24(18)29)23-15-22(26-17-27-23)19-6-9-21(10-7-19)31-16-25(30)28-12-4-2-3-5-13-28/h6-11,14-15,17,29H,2-5,12-13,16H2,1H3. The first kappa shape index (κ1) is 20.8. The minimum Gasteiger partial charge on any atom is -0.508 e. The van der Waals surface area contributed by atoms with Crippen molar-refractivity contribution >= 4 is 5.91 Å². The molecule has 1 aliphatic rings. The largest absolute Gasteiger partial charge is 0.508 e. The summed E-state index contributed by atoms with van der Waals surface area (Å²) in [7, 11) is 0. The quantitative estimate of drug-likeness (QED) is 0.656. The Hall–Kier alpha value is -3.41. The van der Waals surface area contributed by atoms with Gasteiger partial charge >= 0.3 is 0 Å². The Labute approximate surface area is 182 Å². The third kappa shape index (κ3) is 5.20. The molecule has 0 unspecified atom stereocenters. The smallest absolute Gasteiger partial charge is 0.260 e. The maximum Gasteiger partial charge on any atom is 0.260 e. The molecule has 4 rings (SSSR count). The highest BCUT2D eigenvalue weighted by atomic mass is 16.5. The van der Waals surface area contributed by atoms with Crippen LogP contribution in [-0.2, 0) is 4.79 Å². The van der Waals surface area contributed by atoms with Crippen molar-refractivity contribution in [3.63, 3.8) is 0 Å². The molecule has 6 heteroatoms. The number of nitrogens with zero attached hydrogens (tertiary/aromatic N) is 3. The van der Waals surface area contributed by atoms with Crippen LogP contribution in [0.25, 0.3) is 22.5 Å². The number of ether oxygens (including phenoxy) is 1. The van der Waals surface area contributed by atoms with Gasteiger partial charge in [-0.15, -0.1) is 0 Å². The van der Waals surface area contributed by atoms with Gasteiger partial charge in [0.15, 0.2) is 6.61 Å². The molecule has 0 spiro atoms. The molecule has 1 saturated heterocycles. The van der Waals surface area contributed by atoms with Crippen LogP contribution in [0.5, 0.6) is 11.5 Å². The maximum atomic E-state index is 12.4. The van der Waals surface area contributed by atoms with Crippen LogP contribution >= 0.6 is 0 Å². The molecule has 2 aromatic carbocycles. The molecular formula is C25H27N3O3. The number of phenols is 1. The van der Waals surface area contributed by atoms with E-state index in [0.717, 1.165) is 54.0 Å². The number of hydrogen-bond acceptors (Lipinski definition) is 5. The van der Waals surface area contributed by atoms with Crippen molar-refractivity contribution in [2.75, 3.05) is 19.7 Å². The highest BCUT2D eigenvalue weighted by Crippen LogP contribution is 2.27. The number of aryl methyl sites for hydroxylation is 1. The van der Waals surface area contributed by atoms with Gasteiger partial charge in [0.1, 0.15) is 17.8 Å². The van der Waals surface area contributed by atoms with Crippen LogP contribution < -0.4 is 4.74 Å². The Bertz CT molecular complexity index is 1040. The van der Waals surface area contributed by atoms with E-state index in [2.05, 4.69) is 9.97 Å². The average molecular weight is 418 g/mol. The first-order valence-electron chi connectivity index (χ1n) is 10.7. The summed E-state index contributed by atoms with van der Waals surface area (Å²) in [5.41, 5.74) is 4.24. The molecule has 1 aromatic heterocycles. The van der Waals surface area contributed by atoms with E-state index in [4.69, 9.17) is 4.74 Å². The molecule has 1 aliphatic heterocycles. The number of carbonyl (C=O) groups is 1. The lowest BCUT2D eigenvalue weighted by Gasteiger charge is -2.20. The molecule has 1 fully saturated rings. The summed E-state index contributed by atoms with van der Waals surface area (Å²) in [6.45, 7) is 3.59. The van der Waals surface area contributed by atoms with Crippen LogP contribution in [0.3, 0.4) is 0 Å². The summed E-state index contributed by atoms with van der Waals surface area (Å²) in [5, 5.41) is 9.75. The highest BCUT2D eigenvalue weighted by Gasteiger charge is 2.16. The van der Waals surface area contributed by atoms with Gasteiger partial charge in [-0.05, 0) is 73.9 Å². The Balaban J connectivity index is 1.42. The monoisotopic (exact) mass is 417 g/mol. The molecule has 0 aliphatic carbocycles. The summed E-state index contributed by atoms with van der Waals surface area (Å²) in [5.74, 6) is 0.980. The Morgan fingerprint density at radius 2 is 1.58 bits per heavy atom. The van der Waals surface area contributed by atoms with Crippen LogP contribution in [0.15, 0.2) is 54.9 Å². The van der Waals surface area contributed by atoms with Gasteiger partial charge < -0.3 is 14.7 Å². The van der Waals surface area contributed by atoms with E-state index in [1.165, 1.54) is 19.2 Å². The van der Waals surface area contributed by atoms with Gasteiger partial charge in [0, 0.05) is 24.2 Å². The van der Waals surface area contributed by atoms with Gasteiger partial charge in [-0.2, -0.15) is 0 Å². The Morgan fingerprint density at radius 3 is 2.26 bits per heavy atom. The van der Waals surface area contributed by atoms with E-state index in [9.17, 15) is 9.90 Å². The summed E-state index contributed by atoms with van der Waals surface area (Å²) in [4.78, 5) is 23.1. The zero-order valence-corrected chi connectivity index (χ0v) is 17.8. The lowest BCUT2D eigenvalue weighted by atomic mass is 10.1. The van der Waals surface area contributed by atoms with Crippen molar-refractivity contribution in [2.45, 2.75) is 32.6 Å². The molecule has 0 radical (unpaired) electrons. The Morgan fingerprint density at radius 1 is 0.935 bits per heavy atom. The lowest BCUT2D eigenvalue weighted by Crippen LogP contribution is -2.35. The second kappa shape index (κ2) is 9.60. The van der Waals surface area contributed by atoms with Crippen LogP contribution in [0.4, 0.5) is 0 Å². The summed E-state index contributed by atoms with van der Waals surface area (Å²) in [6.07, 6.45) is 6.08. The first-order chi connectivity index (χ1) is 15.1. The molecule has 160 valence electrons. The number of aromatic hydroxyl groups is 1. The minimum absolute atomic E-state index is 0.0515. The number of likely N-dealkylation sites (tertiary alicyclic amines) is 1. The first-order valence-corrected chi connectivity index (χ1v) is 10.7. The van der Waals surface area contributed by atoms with Gasteiger partial charge in [0.25, 0.3) is 5.91 Å². The van der Waals surface area contributed by atoms with E-state index < -0.39 is 0 Å². The number of aromatic nitrogens is 2. The fraction of sp³-hybridized carbons (Fsp3) is 0.320. The van der Waals surface area contributed by atoms with Crippen molar-refractivity contribution in [1.29, 1.82) is 0 Å². The van der Waals surface area contributed by atoms with Crippen LogP contribution in [0, 0.1) is 6.92 Å². The number of rotatable bonds is 5. The van der Waals surface area contributed by atoms with Crippen LogP contribution in [0.2, 0.25) is 0 Å². The fourth-order valence-corrected chi connectivity index (χ4v) is 3.77. The zero-order chi connectivity index (χ0) is 21.6. The number of phenolic OH excluding ortho intramolecular Hbond substituents is 1. The van der Waals surface area contributed by atoms with E-state index in [0.29, 0.717) is 5.75 Å². The van der Waals surface area contributed by atoms with Crippen molar-refractivity contribution in [1.82, 2.24) is 14.9 Å². The van der Waals surface area contributed by atoms with Gasteiger partial charge in [-0.3, -0.25) is 4.79 Å². The molecule has 0 bridgehead atoms. The van der Waals surface area contributed by atoms with Crippen molar-refractivity contribution in [3.05, 3.63) is 60.4 Å². The highest BCUT2D eigenvalue weighted by molar-refractivity contribution is 5.77. The van der Waals surface area contributed by atoms with E-state index >= 15 is 0 Å². The van der Waals surface area contributed by atoms with E-state index in [-0.39, 0.29) is 18.3 Å². The normalized spacial score (nSPS) is 14.2. The number of amides is 1. The SMILES string of the molecule is Cc1cc(-c2cc(-c3ccc(OCC(=O)N4CCCCCC4)cc3)ncn2)ccc1O. The van der Waals surface area contributed by atoms with Gasteiger partial charge in [0.05, 0.1) is 11.4 Å². The molecule has 3 aromatic rings. The molecule has 6 nitrogen and oxygen atoms in total. The summed E-state index contributed by atoms with van der Waals surface area (Å²) < 4.78 is 5.72. The summed E-state index contributed by atoms with van der Waals surface area (Å²) in [6, 6.07) is 14.9. The van der Waals surface area contributed by atoms with Crippen molar-refractivity contribution in [2.24, 2.45) is 0 Å². The number of hydrogen-bond donors (Lipinski definition) is 1. The predicted octanol–water partition coefficient (Wildman–Crippen LogP) is 4.61. The molecular weight excluding hydrogens is 390 g/mol. The van der Waals surface area contributed by atoms with Crippen molar-refractivity contribution in [3.8, 4) is 34.0 Å². The lowest BCUT2D eigenvalue weighted by molar-refractivity contribution is -0.133. The molecule has 1 amide bonds. The molecule has 2 heterocycles. The zero-order valence-electron chi connectivity index (χ0n) is 17.8. The van der Waals surface area contributed by atoms with Crippen molar-refractivity contribution < 1.29 is 14.6 Å². The number of carbonyl (C=O) groups excluding carboxylic acids is 1. The molecule has 31 heavy (non-hydrogen) atoms. The van der Waals surface area contributed by atoms with Gasteiger partial charge in [-0.1, -0.05) is 12.8 Å². The van der Waals surface area contributed by atoms with E-state index in [1.807, 2.05) is 54.3 Å². The average Bonchev–Trinajstić information content (AvgIpc) is 3.09.